The van der Waals surface area contributed by atoms with E-state index in [1.54, 1.807) is 0 Å². The summed E-state index contributed by atoms with van der Waals surface area (Å²) < 4.78 is 5.66. The minimum Gasteiger partial charge on any atom is -0.481 e. The van der Waals surface area contributed by atoms with E-state index in [0.717, 1.165) is 5.56 Å². The Labute approximate surface area is 79.1 Å². The van der Waals surface area contributed by atoms with Crippen LogP contribution in [-0.2, 0) is 0 Å². The van der Waals surface area contributed by atoms with Crippen molar-refractivity contribution >= 4 is 15.9 Å². The van der Waals surface area contributed by atoms with Crippen molar-refractivity contribution in [1.82, 2.24) is 4.98 Å². The van der Waals surface area contributed by atoms with E-state index in [2.05, 4.69) is 20.9 Å². The zero-order valence-corrected chi connectivity index (χ0v) is 8.34. The summed E-state index contributed by atoms with van der Waals surface area (Å²) in [5.41, 5.74) is 1.25. The van der Waals surface area contributed by atoms with Crippen LogP contribution in [0.5, 0.6) is 5.88 Å². The highest BCUT2D eigenvalue weighted by Gasteiger charge is 2.06. The Morgan fingerprint density at radius 1 is 1.67 bits per heavy atom. The first-order valence-corrected chi connectivity index (χ1v) is 4.09. The molecule has 0 saturated heterocycles. The summed E-state index contributed by atoms with van der Waals surface area (Å²) >= 11 is 3.23. The molecule has 0 amide bonds. The molecule has 0 aromatic carbocycles. The van der Waals surface area contributed by atoms with Crippen LogP contribution in [0, 0.1) is 18.3 Å². The molecule has 4 heteroatoms. The normalized spacial score (nSPS) is 9.17. The summed E-state index contributed by atoms with van der Waals surface area (Å²) in [6.07, 6.45) is 0. The third-order valence-electron chi connectivity index (χ3n) is 1.42. The van der Waals surface area contributed by atoms with Crippen molar-refractivity contribution in [2.24, 2.45) is 0 Å². The molecule has 0 aliphatic heterocycles. The number of rotatable bonds is 1. The fraction of sp³-hybridized carbons (Fsp3) is 0.250. The van der Waals surface area contributed by atoms with E-state index >= 15 is 0 Å². The summed E-state index contributed by atoms with van der Waals surface area (Å²) in [6, 6.07) is 3.77. The second kappa shape index (κ2) is 3.55. The average molecular weight is 227 g/mol. The first kappa shape index (κ1) is 9.01. The van der Waals surface area contributed by atoms with Crippen LogP contribution in [-0.4, -0.2) is 12.1 Å². The highest BCUT2D eigenvalue weighted by molar-refractivity contribution is 9.10. The van der Waals surface area contributed by atoms with Crippen LogP contribution in [0.4, 0.5) is 0 Å². The van der Waals surface area contributed by atoms with E-state index in [-0.39, 0.29) is 0 Å². The third kappa shape index (κ3) is 1.56. The topological polar surface area (TPSA) is 45.9 Å². The van der Waals surface area contributed by atoms with Gasteiger partial charge in [0.1, 0.15) is 6.07 Å². The Hall–Kier alpha value is -1.08. The van der Waals surface area contributed by atoms with Crippen molar-refractivity contribution in [1.29, 1.82) is 5.26 Å². The fourth-order valence-electron chi connectivity index (χ4n) is 0.848. The van der Waals surface area contributed by atoms with E-state index in [0.29, 0.717) is 16.0 Å². The molecule has 0 bridgehead atoms. The summed E-state index contributed by atoms with van der Waals surface area (Å²) in [5, 5.41) is 8.63. The lowest BCUT2D eigenvalue weighted by atomic mass is 10.3. The van der Waals surface area contributed by atoms with Crippen molar-refractivity contribution in [2.75, 3.05) is 7.11 Å². The van der Waals surface area contributed by atoms with Gasteiger partial charge in [-0.2, -0.15) is 5.26 Å². The largest absolute Gasteiger partial charge is 0.481 e. The summed E-state index contributed by atoms with van der Waals surface area (Å²) in [6.45, 7) is 1.87. The average Bonchev–Trinajstić information content (AvgIpc) is 2.05. The number of hydrogen-bond acceptors (Lipinski definition) is 3. The second-order valence-electron chi connectivity index (χ2n) is 2.26. The lowest BCUT2D eigenvalue weighted by molar-refractivity contribution is 0.394. The van der Waals surface area contributed by atoms with Gasteiger partial charge in [0.25, 0.3) is 0 Å². The Morgan fingerprint density at radius 3 is 2.83 bits per heavy atom. The summed E-state index contributed by atoms with van der Waals surface area (Å²) in [4.78, 5) is 3.98. The Morgan fingerprint density at radius 2 is 2.33 bits per heavy atom. The Balaban J connectivity index is 3.30. The van der Waals surface area contributed by atoms with Crippen molar-refractivity contribution < 1.29 is 4.74 Å². The van der Waals surface area contributed by atoms with E-state index in [9.17, 15) is 0 Å². The van der Waals surface area contributed by atoms with E-state index in [1.807, 2.05) is 19.1 Å². The first-order valence-electron chi connectivity index (χ1n) is 3.30. The van der Waals surface area contributed by atoms with Crippen LogP contribution >= 0.6 is 15.9 Å². The minimum atomic E-state index is 0.345. The molecule has 3 nitrogen and oxygen atoms in total. The van der Waals surface area contributed by atoms with Crippen molar-refractivity contribution in [2.45, 2.75) is 6.92 Å². The molecule has 0 aliphatic rings. The van der Waals surface area contributed by atoms with Gasteiger partial charge in [0.15, 0.2) is 5.69 Å². The molecule has 62 valence electrons. The van der Waals surface area contributed by atoms with Gasteiger partial charge < -0.3 is 4.74 Å². The van der Waals surface area contributed by atoms with Gasteiger partial charge in [-0.15, -0.1) is 0 Å². The maximum absolute atomic E-state index is 8.63. The molecule has 1 aromatic heterocycles. The standard InChI is InChI=1S/C8H7BrN2O/c1-5-3-6(9)7(4-10)11-8(5)12-2/h3H,1-2H3. The lowest BCUT2D eigenvalue weighted by Crippen LogP contribution is -1.94. The molecule has 0 saturated carbocycles. The molecule has 1 rings (SSSR count). The monoisotopic (exact) mass is 226 g/mol. The summed E-state index contributed by atoms with van der Waals surface area (Å²) in [7, 11) is 1.53. The van der Waals surface area contributed by atoms with Crippen LogP contribution in [0.2, 0.25) is 0 Å². The molecular weight excluding hydrogens is 220 g/mol. The molecular formula is C8H7BrN2O. The number of ether oxygens (including phenoxy) is 1. The van der Waals surface area contributed by atoms with Crippen molar-refractivity contribution in [3.8, 4) is 11.9 Å². The molecule has 12 heavy (non-hydrogen) atoms. The smallest absolute Gasteiger partial charge is 0.217 e. The van der Waals surface area contributed by atoms with Crippen molar-refractivity contribution in [3.63, 3.8) is 0 Å². The number of pyridine rings is 1. The first-order chi connectivity index (χ1) is 5.69. The van der Waals surface area contributed by atoms with Gasteiger partial charge in [0.05, 0.1) is 11.6 Å². The highest BCUT2D eigenvalue weighted by atomic mass is 79.9. The Bertz CT molecular complexity index is 344. The number of halogens is 1. The quantitative estimate of drug-likeness (QED) is 0.737. The SMILES string of the molecule is COc1nc(C#N)c(Br)cc1C. The molecule has 0 aliphatic carbocycles. The molecule has 0 N–H and O–H groups in total. The number of nitrogens with zero attached hydrogens (tertiary/aromatic N) is 2. The fourth-order valence-corrected chi connectivity index (χ4v) is 1.37. The van der Waals surface area contributed by atoms with Crippen LogP contribution < -0.4 is 4.74 Å². The number of hydrogen-bond donors (Lipinski definition) is 0. The van der Waals surface area contributed by atoms with Gasteiger partial charge >= 0.3 is 0 Å². The number of nitriles is 1. The number of aryl methyl sites for hydroxylation is 1. The van der Waals surface area contributed by atoms with Gasteiger partial charge in [-0.25, -0.2) is 4.98 Å². The molecule has 0 unspecified atom stereocenters. The highest BCUT2D eigenvalue weighted by Crippen LogP contribution is 2.22. The number of methoxy groups -OCH3 is 1. The lowest BCUT2D eigenvalue weighted by Gasteiger charge is -2.03. The predicted octanol–water partition coefficient (Wildman–Crippen LogP) is 2.03. The molecule has 0 spiro atoms. The third-order valence-corrected chi connectivity index (χ3v) is 2.02. The maximum atomic E-state index is 8.63. The number of aromatic nitrogens is 1. The predicted molar refractivity (Wildman–Crippen MR) is 47.9 cm³/mol. The zero-order chi connectivity index (χ0) is 9.14. The van der Waals surface area contributed by atoms with Gasteiger partial charge in [-0.1, -0.05) is 0 Å². The molecule has 0 radical (unpaired) electrons. The van der Waals surface area contributed by atoms with E-state index in [1.165, 1.54) is 7.11 Å². The zero-order valence-electron chi connectivity index (χ0n) is 6.76. The molecule has 1 heterocycles. The van der Waals surface area contributed by atoms with Gasteiger partial charge in [-0.3, -0.25) is 0 Å². The van der Waals surface area contributed by atoms with Crippen LogP contribution in [0.1, 0.15) is 11.3 Å². The second-order valence-corrected chi connectivity index (χ2v) is 3.11. The Kier molecular flexibility index (Phi) is 2.66. The van der Waals surface area contributed by atoms with Gasteiger partial charge in [-0.05, 0) is 28.9 Å². The van der Waals surface area contributed by atoms with Crippen LogP contribution in [0.15, 0.2) is 10.5 Å². The molecule has 1 aromatic rings. The van der Waals surface area contributed by atoms with E-state index in [4.69, 9.17) is 10.00 Å². The van der Waals surface area contributed by atoms with Gasteiger partial charge in [0.2, 0.25) is 5.88 Å². The van der Waals surface area contributed by atoms with Crippen LogP contribution in [0.3, 0.4) is 0 Å². The maximum Gasteiger partial charge on any atom is 0.217 e. The van der Waals surface area contributed by atoms with Crippen molar-refractivity contribution in [3.05, 3.63) is 21.8 Å². The minimum absolute atomic E-state index is 0.345. The molecule has 0 atom stereocenters. The molecule has 0 fully saturated rings. The van der Waals surface area contributed by atoms with E-state index < -0.39 is 0 Å². The summed E-state index contributed by atoms with van der Waals surface area (Å²) in [5.74, 6) is 0.495. The van der Waals surface area contributed by atoms with Gasteiger partial charge in [0, 0.05) is 5.56 Å². The van der Waals surface area contributed by atoms with Crippen LogP contribution in [0.25, 0.3) is 0 Å².